The van der Waals surface area contributed by atoms with E-state index in [2.05, 4.69) is 27.0 Å². The zero-order valence-corrected chi connectivity index (χ0v) is 9.98. The molecule has 0 bridgehead atoms. The van der Waals surface area contributed by atoms with E-state index in [0.717, 1.165) is 17.8 Å². The average molecular weight is 243 g/mol. The second-order valence-electron chi connectivity index (χ2n) is 4.01. The second-order valence-corrected chi connectivity index (χ2v) is 4.01. The van der Waals surface area contributed by atoms with Gasteiger partial charge in [0.1, 0.15) is 11.8 Å². The fraction of sp³-hybridized carbons (Fsp3) is 0.273. The van der Waals surface area contributed by atoms with E-state index in [-0.39, 0.29) is 0 Å². The Morgan fingerprint density at radius 3 is 2.94 bits per heavy atom. The number of hydrogen-bond acceptors (Lipinski definition) is 5. The predicted molar refractivity (Wildman–Crippen MR) is 66.7 cm³/mol. The van der Waals surface area contributed by atoms with Crippen molar-refractivity contribution in [3.63, 3.8) is 0 Å². The monoisotopic (exact) mass is 243 g/mol. The summed E-state index contributed by atoms with van der Waals surface area (Å²) in [7, 11) is 0. The average Bonchev–Trinajstić information content (AvgIpc) is 2.98. The van der Waals surface area contributed by atoms with E-state index in [0.29, 0.717) is 17.9 Å². The summed E-state index contributed by atoms with van der Waals surface area (Å²) in [5, 5.41) is 4.24. The molecule has 92 valence electrons. The molecule has 2 N–H and O–H groups in total. The number of nitrogens with two attached hydrogens (primary N) is 1. The van der Waals surface area contributed by atoms with Gasteiger partial charge in [0.2, 0.25) is 0 Å². The molecule has 0 aliphatic heterocycles. The number of hydrogen-bond donors (Lipinski definition) is 1. The van der Waals surface area contributed by atoms with Gasteiger partial charge in [-0.25, -0.2) is 15.0 Å². The van der Waals surface area contributed by atoms with Gasteiger partial charge in [-0.15, -0.1) is 0 Å². The fourth-order valence-electron chi connectivity index (χ4n) is 1.87. The minimum absolute atomic E-state index is 0.406. The molecule has 0 saturated carbocycles. The molecular formula is C11H13N7. The zero-order chi connectivity index (χ0) is 12.5. The Bertz CT molecular complexity index is 682. The molecule has 7 heteroatoms. The van der Waals surface area contributed by atoms with Crippen LogP contribution in [0.4, 0.5) is 5.82 Å². The highest BCUT2D eigenvalue weighted by Crippen LogP contribution is 2.15. The molecule has 7 nitrogen and oxygen atoms in total. The molecular weight excluding hydrogens is 230 g/mol. The first kappa shape index (κ1) is 10.7. The summed E-state index contributed by atoms with van der Waals surface area (Å²) >= 11 is 0. The maximum Gasteiger partial charge on any atom is 0.165 e. The maximum absolute atomic E-state index is 5.75. The van der Waals surface area contributed by atoms with Gasteiger partial charge in [0.15, 0.2) is 11.5 Å². The smallest absolute Gasteiger partial charge is 0.165 e. The van der Waals surface area contributed by atoms with Crippen LogP contribution in [-0.4, -0.2) is 29.3 Å². The van der Waals surface area contributed by atoms with Crippen molar-refractivity contribution < 1.29 is 0 Å². The molecule has 0 aliphatic rings. The van der Waals surface area contributed by atoms with Crippen LogP contribution < -0.4 is 5.73 Å². The van der Waals surface area contributed by atoms with E-state index in [1.54, 1.807) is 6.33 Å². The van der Waals surface area contributed by atoms with Crippen molar-refractivity contribution >= 4 is 17.0 Å². The molecule has 3 aromatic rings. The van der Waals surface area contributed by atoms with Crippen molar-refractivity contribution in [3.8, 4) is 0 Å². The lowest BCUT2D eigenvalue weighted by Gasteiger charge is -2.00. The van der Waals surface area contributed by atoms with E-state index >= 15 is 0 Å². The van der Waals surface area contributed by atoms with E-state index in [1.807, 2.05) is 21.6 Å². The van der Waals surface area contributed by atoms with Crippen LogP contribution in [0.3, 0.4) is 0 Å². The van der Waals surface area contributed by atoms with Gasteiger partial charge in [0.05, 0.1) is 19.1 Å². The standard InChI is InChI=1S/C11H13N7/c1-2-18-5-8(3-16-18)4-17-7-15-9-10(12)13-6-14-11(9)17/h3,5-7H,2,4H2,1H3,(H2,12,13,14). The summed E-state index contributed by atoms with van der Waals surface area (Å²) in [6.45, 7) is 3.59. The topological polar surface area (TPSA) is 87.4 Å². The second kappa shape index (κ2) is 4.10. The summed E-state index contributed by atoms with van der Waals surface area (Å²) in [5.74, 6) is 0.406. The van der Waals surface area contributed by atoms with Crippen molar-refractivity contribution in [2.24, 2.45) is 0 Å². The minimum Gasteiger partial charge on any atom is -0.382 e. The Morgan fingerprint density at radius 1 is 1.28 bits per heavy atom. The lowest BCUT2D eigenvalue weighted by molar-refractivity contribution is 0.658. The molecule has 0 aliphatic carbocycles. The van der Waals surface area contributed by atoms with Gasteiger partial charge < -0.3 is 10.3 Å². The minimum atomic E-state index is 0.406. The zero-order valence-electron chi connectivity index (χ0n) is 9.98. The van der Waals surface area contributed by atoms with Crippen LogP contribution in [0.2, 0.25) is 0 Å². The number of fused-ring (bicyclic) bond motifs is 1. The van der Waals surface area contributed by atoms with Gasteiger partial charge in [-0.05, 0) is 6.92 Å². The first-order chi connectivity index (χ1) is 8.78. The lowest BCUT2D eigenvalue weighted by Crippen LogP contribution is -2.00. The van der Waals surface area contributed by atoms with Crippen LogP contribution in [0.15, 0.2) is 25.0 Å². The Morgan fingerprint density at radius 2 is 2.17 bits per heavy atom. The maximum atomic E-state index is 5.75. The number of nitrogens with zero attached hydrogens (tertiary/aromatic N) is 6. The van der Waals surface area contributed by atoms with E-state index in [1.165, 1.54) is 6.33 Å². The lowest BCUT2D eigenvalue weighted by atomic mass is 10.3. The van der Waals surface area contributed by atoms with E-state index < -0.39 is 0 Å². The van der Waals surface area contributed by atoms with Crippen molar-refractivity contribution in [2.45, 2.75) is 20.0 Å². The normalized spacial score (nSPS) is 11.2. The highest BCUT2D eigenvalue weighted by molar-refractivity contribution is 5.81. The first-order valence-corrected chi connectivity index (χ1v) is 5.70. The number of rotatable bonds is 3. The molecule has 0 spiro atoms. The molecule has 3 rings (SSSR count). The Hall–Kier alpha value is -2.44. The third-order valence-electron chi connectivity index (χ3n) is 2.79. The summed E-state index contributed by atoms with van der Waals surface area (Å²) in [4.78, 5) is 12.4. The molecule has 0 atom stereocenters. The predicted octanol–water partition coefficient (Wildman–Crippen LogP) is 0.673. The van der Waals surface area contributed by atoms with Crippen LogP contribution in [0.25, 0.3) is 11.2 Å². The molecule has 3 heterocycles. The van der Waals surface area contributed by atoms with Gasteiger partial charge in [-0.3, -0.25) is 4.68 Å². The number of aromatic nitrogens is 6. The number of nitrogen functional groups attached to an aromatic ring is 1. The van der Waals surface area contributed by atoms with Crippen molar-refractivity contribution in [1.82, 2.24) is 29.3 Å². The van der Waals surface area contributed by atoms with Gasteiger partial charge >= 0.3 is 0 Å². The van der Waals surface area contributed by atoms with Crippen LogP contribution in [0, 0.1) is 0 Å². The third kappa shape index (κ3) is 1.69. The Balaban J connectivity index is 1.97. The fourth-order valence-corrected chi connectivity index (χ4v) is 1.87. The molecule has 3 aromatic heterocycles. The van der Waals surface area contributed by atoms with Crippen LogP contribution in [0.1, 0.15) is 12.5 Å². The van der Waals surface area contributed by atoms with Crippen LogP contribution >= 0.6 is 0 Å². The van der Waals surface area contributed by atoms with E-state index in [4.69, 9.17) is 5.73 Å². The van der Waals surface area contributed by atoms with Crippen LogP contribution in [-0.2, 0) is 13.1 Å². The molecule has 18 heavy (non-hydrogen) atoms. The quantitative estimate of drug-likeness (QED) is 0.730. The van der Waals surface area contributed by atoms with Gasteiger partial charge in [-0.1, -0.05) is 0 Å². The Kier molecular flexibility index (Phi) is 2.44. The van der Waals surface area contributed by atoms with Gasteiger partial charge in [0, 0.05) is 18.3 Å². The Labute approximate surface area is 103 Å². The van der Waals surface area contributed by atoms with Gasteiger partial charge in [0.25, 0.3) is 0 Å². The van der Waals surface area contributed by atoms with Crippen LogP contribution in [0.5, 0.6) is 0 Å². The molecule has 0 saturated heterocycles. The third-order valence-corrected chi connectivity index (χ3v) is 2.79. The number of aryl methyl sites for hydroxylation is 1. The molecule has 0 radical (unpaired) electrons. The summed E-state index contributed by atoms with van der Waals surface area (Å²) in [6, 6.07) is 0. The largest absolute Gasteiger partial charge is 0.382 e. The molecule has 0 unspecified atom stereocenters. The number of imidazole rings is 1. The van der Waals surface area contributed by atoms with Crippen molar-refractivity contribution in [2.75, 3.05) is 5.73 Å². The summed E-state index contributed by atoms with van der Waals surface area (Å²) in [5.41, 5.74) is 8.23. The summed E-state index contributed by atoms with van der Waals surface area (Å²) < 4.78 is 3.82. The first-order valence-electron chi connectivity index (χ1n) is 5.70. The highest BCUT2D eigenvalue weighted by atomic mass is 15.3. The van der Waals surface area contributed by atoms with Crippen molar-refractivity contribution in [3.05, 3.63) is 30.6 Å². The molecule has 0 fully saturated rings. The SMILES string of the molecule is CCn1cc(Cn2cnc3c(N)ncnc32)cn1. The summed E-state index contributed by atoms with van der Waals surface area (Å²) in [6.07, 6.45) is 7.03. The van der Waals surface area contributed by atoms with E-state index in [9.17, 15) is 0 Å². The molecule has 0 aromatic carbocycles. The highest BCUT2D eigenvalue weighted by Gasteiger charge is 2.08. The molecule has 0 amide bonds. The van der Waals surface area contributed by atoms with Gasteiger partial charge in [-0.2, -0.15) is 5.10 Å². The number of anilines is 1. The van der Waals surface area contributed by atoms with Crippen molar-refractivity contribution in [1.29, 1.82) is 0 Å².